The lowest BCUT2D eigenvalue weighted by Crippen LogP contribution is -2.48. The molecule has 0 radical (unpaired) electrons. The molecule has 34 heavy (non-hydrogen) atoms. The largest absolute Gasteiger partial charge is 0.507 e. The third kappa shape index (κ3) is 4.79. The van der Waals surface area contributed by atoms with Gasteiger partial charge in [-0.3, -0.25) is 0 Å². The molecule has 8 heteroatoms. The van der Waals surface area contributed by atoms with Gasteiger partial charge >= 0.3 is 0 Å². The average Bonchev–Trinajstić information content (AvgIpc) is 3.15. The van der Waals surface area contributed by atoms with E-state index in [1.165, 1.54) is 10.6 Å². The number of nitrogens with zero attached hydrogens (tertiary/aromatic N) is 3. The van der Waals surface area contributed by atoms with Crippen molar-refractivity contribution in [3.05, 3.63) is 41.5 Å². The van der Waals surface area contributed by atoms with Gasteiger partial charge in [-0.05, 0) is 41.2 Å². The Bertz CT molecular complexity index is 1290. The summed E-state index contributed by atoms with van der Waals surface area (Å²) in [6, 6.07) is 10.2. The second-order valence-corrected chi connectivity index (χ2v) is 13.3. The van der Waals surface area contributed by atoms with Crippen LogP contribution in [0, 0.1) is 0 Å². The number of fused-ring (bicyclic) bond motifs is 1. The van der Waals surface area contributed by atoms with Gasteiger partial charge in [0.2, 0.25) is 10.0 Å². The number of aromatic nitrogens is 2. The number of phenolic OH excluding ortho intramolecular Hbond substituents is 1. The third-order valence-electron chi connectivity index (χ3n) is 6.54. The summed E-state index contributed by atoms with van der Waals surface area (Å²) < 4.78 is 25.2. The summed E-state index contributed by atoms with van der Waals surface area (Å²) in [4.78, 5) is 10.5. The van der Waals surface area contributed by atoms with Crippen molar-refractivity contribution in [3.63, 3.8) is 0 Å². The van der Waals surface area contributed by atoms with Gasteiger partial charge in [-0.2, -0.15) is 4.31 Å². The number of nitrogens with one attached hydrogen (secondary N) is 1. The van der Waals surface area contributed by atoms with Crippen molar-refractivity contribution in [3.8, 4) is 17.1 Å². The van der Waals surface area contributed by atoms with Crippen molar-refractivity contribution >= 4 is 26.7 Å². The zero-order valence-electron chi connectivity index (χ0n) is 21.2. The van der Waals surface area contributed by atoms with Gasteiger partial charge in [0.15, 0.2) is 0 Å². The molecule has 2 aromatic carbocycles. The molecule has 2 N–H and O–H groups in total. The van der Waals surface area contributed by atoms with Crippen molar-refractivity contribution < 1.29 is 13.5 Å². The van der Waals surface area contributed by atoms with E-state index in [9.17, 15) is 13.5 Å². The molecule has 0 unspecified atom stereocenters. The molecule has 1 aliphatic rings. The first-order valence-corrected chi connectivity index (χ1v) is 13.6. The molecule has 1 fully saturated rings. The molecule has 0 spiro atoms. The lowest BCUT2D eigenvalue weighted by molar-refractivity contribution is 0.388. The summed E-state index contributed by atoms with van der Waals surface area (Å²) in [5, 5.41) is 11.0. The zero-order chi connectivity index (χ0) is 25.1. The van der Waals surface area contributed by atoms with Crippen LogP contribution in [0.15, 0.2) is 30.3 Å². The second-order valence-electron chi connectivity index (χ2n) is 11.4. The van der Waals surface area contributed by atoms with E-state index in [0.29, 0.717) is 31.9 Å². The van der Waals surface area contributed by atoms with E-state index in [0.717, 1.165) is 39.2 Å². The molecular weight excluding hydrogens is 448 g/mol. The molecule has 7 nitrogen and oxygen atoms in total. The smallest absolute Gasteiger partial charge is 0.211 e. The maximum absolute atomic E-state index is 11.8. The Morgan fingerprint density at radius 1 is 0.912 bits per heavy atom. The van der Waals surface area contributed by atoms with Crippen LogP contribution in [-0.4, -0.2) is 60.2 Å². The predicted molar refractivity (Wildman–Crippen MR) is 139 cm³/mol. The van der Waals surface area contributed by atoms with E-state index < -0.39 is 10.0 Å². The quantitative estimate of drug-likeness (QED) is 0.567. The van der Waals surface area contributed by atoms with E-state index in [-0.39, 0.29) is 10.8 Å². The van der Waals surface area contributed by atoms with Crippen LogP contribution in [0.4, 0.5) is 5.69 Å². The fourth-order valence-corrected chi connectivity index (χ4v) is 5.35. The number of benzene rings is 2. The molecule has 0 saturated carbocycles. The van der Waals surface area contributed by atoms with E-state index >= 15 is 0 Å². The fourth-order valence-electron chi connectivity index (χ4n) is 4.52. The van der Waals surface area contributed by atoms with Gasteiger partial charge in [0.05, 0.1) is 17.3 Å². The fraction of sp³-hybridized carbons (Fsp3) is 0.500. The van der Waals surface area contributed by atoms with Crippen molar-refractivity contribution in [1.29, 1.82) is 0 Å². The number of hydrogen-bond donors (Lipinski definition) is 2. The molecule has 1 aromatic heterocycles. The Morgan fingerprint density at radius 2 is 1.47 bits per heavy atom. The van der Waals surface area contributed by atoms with Crippen molar-refractivity contribution in [2.75, 3.05) is 37.3 Å². The van der Waals surface area contributed by atoms with Crippen LogP contribution in [-0.2, 0) is 20.9 Å². The van der Waals surface area contributed by atoms with Crippen LogP contribution in [0.5, 0.6) is 5.75 Å². The van der Waals surface area contributed by atoms with Gasteiger partial charge in [-0.1, -0.05) is 41.5 Å². The average molecular weight is 485 g/mol. The molecule has 0 atom stereocenters. The van der Waals surface area contributed by atoms with E-state index in [2.05, 4.69) is 57.5 Å². The molecule has 3 aromatic rings. The highest BCUT2D eigenvalue weighted by Crippen LogP contribution is 2.41. The molecule has 1 aliphatic heterocycles. The van der Waals surface area contributed by atoms with Crippen molar-refractivity contribution in [2.24, 2.45) is 0 Å². The Balaban J connectivity index is 1.70. The molecule has 0 aliphatic carbocycles. The monoisotopic (exact) mass is 484 g/mol. The van der Waals surface area contributed by atoms with Crippen molar-refractivity contribution in [1.82, 2.24) is 14.3 Å². The summed E-state index contributed by atoms with van der Waals surface area (Å²) in [6.07, 6.45) is 1.26. The number of aromatic hydroxyl groups is 1. The molecule has 0 bridgehead atoms. The summed E-state index contributed by atoms with van der Waals surface area (Å²) in [5.74, 6) is 1.13. The number of hydrogen-bond acceptors (Lipinski definition) is 5. The first-order valence-electron chi connectivity index (χ1n) is 11.7. The number of sulfonamides is 1. The minimum atomic E-state index is -3.15. The van der Waals surface area contributed by atoms with Gasteiger partial charge in [0.25, 0.3) is 0 Å². The maximum atomic E-state index is 11.8. The lowest BCUT2D eigenvalue weighted by atomic mass is 9.78. The molecule has 1 saturated heterocycles. The zero-order valence-corrected chi connectivity index (χ0v) is 22.0. The second kappa shape index (κ2) is 8.27. The maximum Gasteiger partial charge on any atom is 0.211 e. The first kappa shape index (κ1) is 24.5. The van der Waals surface area contributed by atoms with Gasteiger partial charge in [0.1, 0.15) is 11.6 Å². The topological polar surface area (TPSA) is 89.5 Å². The Hall–Kier alpha value is -2.58. The minimum absolute atomic E-state index is 0.215. The number of aromatic amines is 1. The van der Waals surface area contributed by atoms with Crippen LogP contribution < -0.4 is 4.90 Å². The molecule has 184 valence electrons. The molecule has 4 rings (SSSR count). The summed E-state index contributed by atoms with van der Waals surface area (Å²) >= 11 is 0. The Morgan fingerprint density at radius 3 is 1.97 bits per heavy atom. The summed E-state index contributed by atoms with van der Waals surface area (Å²) in [6.45, 7) is 14.9. The highest BCUT2D eigenvalue weighted by Gasteiger charge is 2.28. The van der Waals surface area contributed by atoms with Crippen LogP contribution in [0.2, 0.25) is 0 Å². The highest BCUT2D eigenvalue weighted by molar-refractivity contribution is 7.88. The number of phenols is 1. The van der Waals surface area contributed by atoms with Gasteiger partial charge in [0, 0.05) is 48.6 Å². The Kier molecular flexibility index (Phi) is 5.97. The summed E-state index contributed by atoms with van der Waals surface area (Å²) in [7, 11) is -3.15. The lowest BCUT2D eigenvalue weighted by Gasteiger charge is -2.34. The standard InChI is InChI=1S/C26H36N4O3S/c1-25(2,3)19-14-17(15-20(23(19)31)26(4,5)6)24-27-21-9-8-18(16-22(21)28-24)29-10-12-30(13-11-29)34(7,32)33/h8-9,14-16,31H,10-13H2,1-7H3,(H,27,28). The number of anilines is 1. The number of rotatable bonds is 3. The van der Waals surface area contributed by atoms with E-state index in [4.69, 9.17) is 4.98 Å². The van der Waals surface area contributed by atoms with Crippen LogP contribution in [0.3, 0.4) is 0 Å². The van der Waals surface area contributed by atoms with Crippen LogP contribution >= 0.6 is 0 Å². The van der Waals surface area contributed by atoms with Crippen LogP contribution in [0.25, 0.3) is 22.4 Å². The third-order valence-corrected chi connectivity index (χ3v) is 7.84. The minimum Gasteiger partial charge on any atom is -0.507 e. The first-order chi connectivity index (χ1) is 15.6. The number of piperazine rings is 1. The normalized spacial score (nSPS) is 16.4. The number of imidazole rings is 1. The van der Waals surface area contributed by atoms with Crippen LogP contribution in [0.1, 0.15) is 52.7 Å². The molecular formula is C26H36N4O3S. The van der Waals surface area contributed by atoms with Gasteiger partial charge < -0.3 is 15.0 Å². The van der Waals surface area contributed by atoms with Gasteiger partial charge in [-0.25, -0.2) is 13.4 Å². The SMILES string of the molecule is CC(C)(C)c1cc(-c2nc3ccc(N4CCN(S(C)(=O)=O)CC4)cc3[nH]2)cc(C(C)(C)C)c1O. The van der Waals surface area contributed by atoms with Crippen molar-refractivity contribution in [2.45, 2.75) is 52.4 Å². The molecule has 0 amide bonds. The van der Waals surface area contributed by atoms with E-state index in [1.54, 1.807) is 0 Å². The van der Waals surface area contributed by atoms with E-state index in [1.807, 2.05) is 24.3 Å². The predicted octanol–water partition coefficient (Wildman–Crippen LogP) is 4.61. The molecule has 2 heterocycles. The highest BCUT2D eigenvalue weighted by atomic mass is 32.2. The summed E-state index contributed by atoms with van der Waals surface area (Å²) in [5.41, 5.74) is 5.18. The Labute approximate surface area is 202 Å². The number of H-pyrrole nitrogens is 1. The van der Waals surface area contributed by atoms with Gasteiger partial charge in [-0.15, -0.1) is 0 Å².